The summed E-state index contributed by atoms with van der Waals surface area (Å²) in [4.78, 5) is 0. The third kappa shape index (κ3) is 3.52. The molecule has 1 aliphatic heterocycles. The van der Waals surface area contributed by atoms with Gasteiger partial charge in [0.15, 0.2) is 0 Å². The number of anilines is 2. The molecule has 0 aliphatic carbocycles. The molecule has 0 unspecified atom stereocenters. The topological polar surface area (TPSA) is 82.5 Å². The molecule has 0 amide bonds. The number of halogens is 1. The monoisotopic (exact) mass is 321 g/mol. The highest BCUT2D eigenvalue weighted by atomic mass is 19.1. The quantitative estimate of drug-likeness (QED) is 0.585. The van der Waals surface area contributed by atoms with Crippen molar-refractivity contribution in [1.82, 2.24) is 5.32 Å². The molecule has 1 aromatic carbocycles. The Morgan fingerprint density at radius 1 is 1.22 bits per heavy atom. The lowest BCUT2D eigenvalue weighted by Crippen LogP contribution is -2.41. The first-order valence-corrected chi connectivity index (χ1v) is 7.62. The number of nitrogen functional groups attached to an aromatic ring is 2. The van der Waals surface area contributed by atoms with E-state index in [9.17, 15) is 4.39 Å². The van der Waals surface area contributed by atoms with E-state index in [4.69, 9.17) is 20.8 Å². The summed E-state index contributed by atoms with van der Waals surface area (Å²) in [6.45, 7) is 8.46. The summed E-state index contributed by atoms with van der Waals surface area (Å²) in [6, 6.07) is 2.56. The molecule has 1 saturated heterocycles. The first-order chi connectivity index (χ1) is 10.6. The van der Waals surface area contributed by atoms with Gasteiger partial charge in [0.25, 0.3) is 0 Å². The maximum Gasteiger partial charge on any atom is 0.491 e. The van der Waals surface area contributed by atoms with Crippen molar-refractivity contribution in [2.24, 2.45) is 0 Å². The number of hydrogen-bond acceptors (Lipinski definition) is 5. The number of nitrogens with two attached hydrogens (primary N) is 2. The zero-order chi connectivity index (χ0) is 17.4. The Labute approximate surface area is 137 Å². The molecule has 1 aliphatic rings. The second kappa shape index (κ2) is 6.15. The Morgan fingerprint density at radius 2 is 1.78 bits per heavy atom. The molecule has 0 radical (unpaired) electrons. The van der Waals surface area contributed by atoms with Crippen molar-refractivity contribution in [1.29, 1.82) is 0 Å². The fourth-order valence-corrected chi connectivity index (χ4v) is 2.38. The Balaban J connectivity index is 2.40. The van der Waals surface area contributed by atoms with E-state index in [2.05, 4.69) is 5.32 Å². The van der Waals surface area contributed by atoms with Crippen molar-refractivity contribution in [3.8, 4) is 0 Å². The van der Waals surface area contributed by atoms with E-state index < -0.39 is 24.1 Å². The second-order valence-corrected chi connectivity index (χ2v) is 6.84. The molecule has 2 rings (SSSR count). The lowest BCUT2D eigenvalue weighted by molar-refractivity contribution is 0.00578. The molecule has 0 aromatic heterocycles. The molecule has 126 valence electrons. The van der Waals surface area contributed by atoms with Gasteiger partial charge >= 0.3 is 7.12 Å². The van der Waals surface area contributed by atoms with E-state index in [1.165, 1.54) is 12.1 Å². The highest BCUT2D eigenvalue weighted by Crippen LogP contribution is 2.39. The number of benzene rings is 1. The molecule has 0 spiro atoms. The van der Waals surface area contributed by atoms with Crippen LogP contribution in [0.15, 0.2) is 17.6 Å². The van der Waals surface area contributed by atoms with E-state index in [1.54, 1.807) is 6.08 Å². The normalized spacial score (nSPS) is 20.1. The lowest BCUT2D eigenvalue weighted by atomic mass is 9.77. The largest absolute Gasteiger partial charge is 0.491 e. The minimum atomic E-state index is -0.531. The predicted octanol–water partition coefficient (Wildman–Crippen LogP) is 2.22. The van der Waals surface area contributed by atoms with Gasteiger partial charge < -0.3 is 26.1 Å². The van der Waals surface area contributed by atoms with E-state index in [-0.39, 0.29) is 5.69 Å². The number of hydrogen-bond donors (Lipinski definition) is 3. The molecule has 1 heterocycles. The van der Waals surface area contributed by atoms with Crippen molar-refractivity contribution in [2.45, 2.75) is 38.9 Å². The van der Waals surface area contributed by atoms with Gasteiger partial charge in [-0.25, -0.2) is 4.39 Å². The Bertz CT molecular complexity index is 616. The minimum absolute atomic E-state index is 0.217. The molecule has 5 N–H and O–H groups in total. The Morgan fingerprint density at radius 3 is 2.30 bits per heavy atom. The van der Waals surface area contributed by atoms with Gasteiger partial charge in [-0.05, 0) is 52.3 Å². The molecule has 23 heavy (non-hydrogen) atoms. The van der Waals surface area contributed by atoms with Crippen molar-refractivity contribution >= 4 is 24.6 Å². The van der Waals surface area contributed by atoms with Gasteiger partial charge in [0.1, 0.15) is 5.82 Å². The van der Waals surface area contributed by atoms with Crippen LogP contribution in [-0.2, 0) is 9.31 Å². The van der Waals surface area contributed by atoms with Gasteiger partial charge in [0, 0.05) is 12.1 Å². The third-order valence-electron chi connectivity index (χ3n) is 4.49. The van der Waals surface area contributed by atoms with Crippen LogP contribution in [0.4, 0.5) is 15.8 Å². The standard InChI is InChI=1S/C16H25BFN3O2/c1-15(2)16(3,4)23-17(22-15)11(9-21-5)6-10-7-12(18)8-13(19)14(10)20/h6-8,21H,9,19-20H2,1-5H3. The summed E-state index contributed by atoms with van der Waals surface area (Å²) in [5.74, 6) is -0.430. The van der Waals surface area contributed by atoms with Crippen molar-refractivity contribution < 1.29 is 13.7 Å². The predicted molar refractivity (Wildman–Crippen MR) is 93.2 cm³/mol. The Kier molecular flexibility index (Phi) is 4.75. The minimum Gasteiger partial charge on any atom is -0.400 e. The fourth-order valence-electron chi connectivity index (χ4n) is 2.38. The smallest absolute Gasteiger partial charge is 0.400 e. The van der Waals surface area contributed by atoms with Crippen molar-refractivity contribution in [3.05, 3.63) is 29.0 Å². The maximum absolute atomic E-state index is 13.6. The van der Waals surface area contributed by atoms with Crippen LogP contribution in [0.2, 0.25) is 0 Å². The third-order valence-corrected chi connectivity index (χ3v) is 4.49. The van der Waals surface area contributed by atoms with Gasteiger partial charge in [-0.2, -0.15) is 0 Å². The van der Waals surface area contributed by atoms with Gasteiger partial charge in [-0.1, -0.05) is 6.08 Å². The lowest BCUT2D eigenvalue weighted by Gasteiger charge is -2.32. The van der Waals surface area contributed by atoms with Crippen LogP contribution in [0.1, 0.15) is 33.3 Å². The molecule has 0 bridgehead atoms. The first-order valence-electron chi connectivity index (χ1n) is 7.62. The van der Waals surface area contributed by atoms with Crippen LogP contribution < -0.4 is 16.8 Å². The fraction of sp³-hybridized carbons (Fsp3) is 0.500. The molecule has 1 aromatic rings. The van der Waals surface area contributed by atoms with Crippen LogP contribution in [-0.4, -0.2) is 31.9 Å². The summed E-state index contributed by atoms with van der Waals surface area (Å²) < 4.78 is 25.7. The molecule has 0 atom stereocenters. The van der Waals surface area contributed by atoms with Gasteiger partial charge in [-0.3, -0.25) is 0 Å². The van der Waals surface area contributed by atoms with E-state index in [1.807, 2.05) is 34.7 Å². The average Bonchev–Trinajstić information content (AvgIpc) is 2.63. The van der Waals surface area contributed by atoms with E-state index in [0.717, 1.165) is 5.47 Å². The molecule has 1 fully saturated rings. The van der Waals surface area contributed by atoms with Crippen LogP contribution in [0.25, 0.3) is 6.08 Å². The summed E-state index contributed by atoms with van der Waals surface area (Å²) in [7, 11) is 1.29. The van der Waals surface area contributed by atoms with Crippen LogP contribution in [0.3, 0.4) is 0 Å². The molecule has 0 saturated carbocycles. The molecule has 7 heteroatoms. The molecular formula is C16H25BFN3O2. The first kappa shape index (κ1) is 17.8. The number of rotatable bonds is 4. The van der Waals surface area contributed by atoms with E-state index >= 15 is 0 Å². The van der Waals surface area contributed by atoms with Gasteiger partial charge in [-0.15, -0.1) is 0 Å². The zero-order valence-electron chi connectivity index (χ0n) is 14.4. The van der Waals surface area contributed by atoms with Crippen LogP contribution in [0, 0.1) is 5.82 Å². The summed E-state index contributed by atoms with van der Waals surface area (Å²) in [5, 5.41) is 3.07. The van der Waals surface area contributed by atoms with Crippen molar-refractivity contribution in [3.63, 3.8) is 0 Å². The maximum atomic E-state index is 13.6. The average molecular weight is 321 g/mol. The van der Waals surface area contributed by atoms with Crippen LogP contribution >= 0.6 is 0 Å². The summed E-state index contributed by atoms with van der Waals surface area (Å²) >= 11 is 0. The summed E-state index contributed by atoms with van der Waals surface area (Å²) in [5.41, 5.74) is 12.7. The summed E-state index contributed by atoms with van der Waals surface area (Å²) in [6.07, 6.45) is 1.77. The van der Waals surface area contributed by atoms with Crippen molar-refractivity contribution in [2.75, 3.05) is 25.1 Å². The number of nitrogens with one attached hydrogen (secondary N) is 1. The Hall–Kier alpha value is -1.57. The van der Waals surface area contributed by atoms with Gasteiger partial charge in [0.05, 0.1) is 22.6 Å². The SMILES string of the molecule is CNCC(=Cc1cc(F)cc(N)c1N)B1OC(C)(C)C(C)(C)O1. The second-order valence-electron chi connectivity index (χ2n) is 6.84. The number of likely N-dealkylation sites (N-methyl/N-ethyl adjacent to an activating group) is 1. The molecular weight excluding hydrogens is 296 g/mol. The van der Waals surface area contributed by atoms with Gasteiger partial charge in [0.2, 0.25) is 0 Å². The van der Waals surface area contributed by atoms with E-state index in [0.29, 0.717) is 17.8 Å². The van der Waals surface area contributed by atoms with Crippen LogP contribution in [0.5, 0.6) is 0 Å². The zero-order valence-corrected chi connectivity index (χ0v) is 14.4. The highest BCUT2D eigenvalue weighted by Gasteiger charge is 2.52. The highest BCUT2D eigenvalue weighted by molar-refractivity contribution is 6.56. The molecule has 5 nitrogen and oxygen atoms in total.